The number of allylic oxidation sites excluding steroid dienone is 2. The highest BCUT2D eigenvalue weighted by atomic mass is 35.5. The van der Waals surface area contributed by atoms with Crippen LogP contribution >= 0.6 is 11.6 Å². The summed E-state index contributed by atoms with van der Waals surface area (Å²) in [6.45, 7) is 0. The molecule has 2 aliphatic rings. The minimum Gasteiger partial charge on any atom is -0.393 e. The van der Waals surface area contributed by atoms with Crippen LogP contribution in [0.4, 0.5) is 0 Å². The summed E-state index contributed by atoms with van der Waals surface area (Å²) < 4.78 is 0. The predicted molar refractivity (Wildman–Crippen MR) is 89.8 cm³/mol. The van der Waals surface area contributed by atoms with E-state index in [2.05, 4.69) is 0 Å². The summed E-state index contributed by atoms with van der Waals surface area (Å²) in [4.78, 5) is 11.1. The van der Waals surface area contributed by atoms with Crippen LogP contribution in [0.15, 0.2) is 35.9 Å². The maximum Gasteiger partial charge on any atom is 0.146 e. The number of rotatable bonds is 3. The first kappa shape index (κ1) is 15.8. The fourth-order valence-corrected chi connectivity index (χ4v) is 4.75. The molecule has 1 aromatic carbocycles. The number of aldehydes is 1. The van der Waals surface area contributed by atoms with Crippen LogP contribution in [-0.4, -0.2) is 22.4 Å². The molecule has 2 aliphatic carbocycles. The number of carbonyl (C=O) groups is 1. The zero-order valence-corrected chi connectivity index (χ0v) is 13.6. The highest BCUT2D eigenvalue weighted by Crippen LogP contribution is 2.52. The first-order valence-corrected chi connectivity index (χ1v) is 8.64. The minimum absolute atomic E-state index is 0.239. The minimum atomic E-state index is -0.517. The fraction of sp³-hybridized carbons (Fsp3) is 0.526. The molecule has 3 rings (SSSR count). The molecule has 0 saturated heterocycles. The van der Waals surface area contributed by atoms with Crippen LogP contribution in [-0.2, 0) is 4.79 Å². The Kier molecular flexibility index (Phi) is 4.70. The van der Waals surface area contributed by atoms with E-state index in [-0.39, 0.29) is 12.0 Å². The first-order chi connectivity index (χ1) is 10.6. The van der Waals surface area contributed by atoms with E-state index in [4.69, 9.17) is 11.6 Å². The van der Waals surface area contributed by atoms with Crippen molar-refractivity contribution >= 4 is 23.5 Å². The number of carbonyl (C=O) groups excluding carboxylic acids is 1. The molecule has 22 heavy (non-hydrogen) atoms. The Hall–Kier alpha value is -1.12. The zero-order chi connectivity index (χ0) is 15.6. The second-order valence-corrected chi connectivity index (χ2v) is 7.29. The summed E-state index contributed by atoms with van der Waals surface area (Å²) in [7, 11) is 0. The lowest BCUT2D eigenvalue weighted by Crippen LogP contribution is -2.40. The first-order valence-electron chi connectivity index (χ1n) is 8.26. The topological polar surface area (TPSA) is 37.3 Å². The molecule has 2 nitrogen and oxygen atoms in total. The fourth-order valence-electron chi connectivity index (χ4n) is 4.19. The summed E-state index contributed by atoms with van der Waals surface area (Å²) in [5, 5.41) is 10.1. The maximum atomic E-state index is 11.6. The SMILES string of the molecule is O=CC1=C(c2ccccc2)C(Cl)(C2CCCC(O)C2)CCC1. The van der Waals surface area contributed by atoms with Gasteiger partial charge in [0, 0.05) is 0 Å². The number of aliphatic hydroxyl groups excluding tert-OH is 1. The van der Waals surface area contributed by atoms with Crippen LogP contribution in [0.1, 0.15) is 50.5 Å². The van der Waals surface area contributed by atoms with E-state index in [1.807, 2.05) is 30.3 Å². The molecule has 0 amide bonds. The van der Waals surface area contributed by atoms with E-state index < -0.39 is 4.87 Å². The summed E-state index contributed by atoms with van der Waals surface area (Å²) in [5.74, 6) is 0.239. The number of halogens is 1. The number of alkyl halides is 1. The Morgan fingerprint density at radius 1 is 1.18 bits per heavy atom. The van der Waals surface area contributed by atoms with Gasteiger partial charge >= 0.3 is 0 Å². The van der Waals surface area contributed by atoms with Crippen LogP contribution in [0.3, 0.4) is 0 Å². The molecule has 3 unspecified atom stereocenters. The smallest absolute Gasteiger partial charge is 0.146 e. The Labute approximate surface area is 137 Å². The van der Waals surface area contributed by atoms with Gasteiger partial charge in [-0.1, -0.05) is 36.8 Å². The Morgan fingerprint density at radius 2 is 1.95 bits per heavy atom. The van der Waals surface area contributed by atoms with E-state index in [0.717, 1.165) is 67.9 Å². The van der Waals surface area contributed by atoms with Gasteiger partial charge in [-0.15, -0.1) is 11.6 Å². The number of hydrogen-bond donors (Lipinski definition) is 1. The van der Waals surface area contributed by atoms with Gasteiger partial charge in [0.2, 0.25) is 0 Å². The van der Waals surface area contributed by atoms with Gasteiger partial charge in [0.15, 0.2) is 0 Å². The van der Waals surface area contributed by atoms with Gasteiger partial charge in [-0.25, -0.2) is 0 Å². The number of aliphatic hydroxyl groups is 1. The molecule has 0 aliphatic heterocycles. The molecule has 1 N–H and O–H groups in total. The monoisotopic (exact) mass is 318 g/mol. The van der Waals surface area contributed by atoms with Crippen LogP contribution in [0, 0.1) is 5.92 Å². The van der Waals surface area contributed by atoms with Crippen LogP contribution in [0.25, 0.3) is 5.57 Å². The molecule has 1 aromatic rings. The third kappa shape index (κ3) is 2.87. The summed E-state index contributed by atoms with van der Waals surface area (Å²) in [6.07, 6.45) is 7.01. The lowest BCUT2D eigenvalue weighted by atomic mass is 9.67. The molecular weight excluding hydrogens is 296 g/mol. The van der Waals surface area contributed by atoms with Crippen LogP contribution < -0.4 is 0 Å². The van der Waals surface area contributed by atoms with E-state index in [1.165, 1.54) is 0 Å². The van der Waals surface area contributed by atoms with Gasteiger partial charge in [-0.3, -0.25) is 4.79 Å². The highest BCUT2D eigenvalue weighted by molar-refractivity contribution is 6.31. The third-order valence-electron chi connectivity index (χ3n) is 5.22. The van der Waals surface area contributed by atoms with Crippen molar-refractivity contribution in [2.45, 2.75) is 55.9 Å². The van der Waals surface area contributed by atoms with Crippen molar-refractivity contribution < 1.29 is 9.90 Å². The predicted octanol–water partition coefficient (Wildman–Crippen LogP) is 4.35. The van der Waals surface area contributed by atoms with Gasteiger partial charge in [0.1, 0.15) is 6.29 Å². The molecule has 0 bridgehead atoms. The van der Waals surface area contributed by atoms with Crippen LogP contribution in [0.2, 0.25) is 0 Å². The quantitative estimate of drug-likeness (QED) is 0.664. The van der Waals surface area contributed by atoms with Crippen molar-refractivity contribution in [2.75, 3.05) is 0 Å². The molecular formula is C19H23ClO2. The average Bonchev–Trinajstić information content (AvgIpc) is 2.55. The van der Waals surface area contributed by atoms with Crippen LogP contribution in [0.5, 0.6) is 0 Å². The summed E-state index contributed by atoms with van der Waals surface area (Å²) in [6, 6.07) is 10.0. The Morgan fingerprint density at radius 3 is 2.64 bits per heavy atom. The van der Waals surface area contributed by atoms with Gasteiger partial charge in [-0.2, -0.15) is 0 Å². The van der Waals surface area contributed by atoms with E-state index in [9.17, 15) is 9.90 Å². The molecule has 1 fully saturated rings. The molecule has 3 atom stereocenters. The lowest BCUT2D eigenvalue weighted by Gasteiger charge is -2.44. The van der Waals surface area contributed by atoms with Crippen molar-refractivity contribution in [3.63, 3.8) is 0 Å². The second kappa shape index (κ2) is 6.55. The average molecular weight is 319 g/mol. The van der Waals surface area contributed by atoms with Crippen molar-refractivity contribution in [1.29, 1.82) is 0 Å². The lowest BCUT2D eigenvalue weighted by molar-refractivity contribution is -0.105. The molecule has 0 radical (unpaired) electrons. The Balaban J connectivity index is 2.06. The molecule has 3 heteroatoms. The van der Waals surface area contributed by atoms with E-state index in [0.29, 0.717) is 0 Å². The van der Waals surface area contributed by atoms with Crippen molar-refractivity contribution in [3.05, 3.63) is 41.5 Å². The zero-order valence-electron chi connectivity index (χ0n) is 12.8. The third-order valence-corrected chi connectivity index (χ3v) is 5.91. The second-order valence-electron chi connectivity index (χ2n) is 6.62. The Bertz CT molecular complexity index is 566. The number of hydrogen-bond acceptors (Lipinski definition) is 2. The normalized spacial score (nSPS) is 32.8. The molecule has 0 heterocycles. The van der Waals surface area contributed by atoms with Crippen molar-refractivity contribution in [1.82, 2.24) is 0 Å². The molecule has 0 aromatic heterocycles. The van der Waals surface area contributed by atoms with Gasteiger partial charge in [0.05, 0.1) is 11.0 Å². The van der Waals surface area contributed by atoms with Gasteiger partial charge < -0.3 is 5.11 Å². The molecule has 0 spiro atoms. The standard InChI is InChI=1S/C19H23ClO2/c20-19(16-9-4-10-17(22)12-16)11-5-8-15(13-21)18(19)14-6-2-1-3-7-14/h1-3,6-7,13,16-17,22H,4-5,8-12H2. The van der Waals surface area contributed by atoms with Crippen molar-refractivity contribution in [3.8, 4) is 0 Å². The number of benzene rings is 1. The maximum absolute atomic E-state index is 11.6. The van der Waals surface area contributed by atoms with E-state index in [1.54, 1.807) is 0 Å². The van der Waals surface area contributed by atoms with Gasteiger partial charge in [0.25, 0.3) is 0 Å². The van der Waals surface area contributed by atoms with Crippen molar-refractivity contribution in [2.24, 2.45) is 5.92 Å². The largest absolute Gasteiger partial charge is 0.393 e. The van der Waals surface area contributed by atoms with E-state index >= 15 is 0 Å². The summed E-state index contributed by atoms with van der Waals surface area (Å²) >= 11 is 7.17. The molecule has 118 valence electrons. The highest BCUT2D eigenvalue weighted by Gasteiger charge is 2.45. The molecule has 1 saturated carbocycles. The summed E-state index contributed by atoms with van der Waals surface area (Å²) in [5.41, 5.74) is 2.90. The van der Waals surface area contributed by atoms with Gasteiger partial charge in [-0.05, 0) is 61.2 Å².